The molecule has 0 spiro atoms. The Labute approximate surface area is 203 Å². The number of carbonyl (C=O) groups excluding carboxylic acids is 2. The Morgan fingerprint density at radius 1 is 0.971 bits per heavy atom. The summed E-state index contributed by atoms with van der Waals surface area (Å²) in [5.74, 6) is -0.745. The molecular weight excluding hydrogens is 480 g/mol. The second-order valence-electron chi connectivity index (χ2n) is 7.26. The molecule has 0 aliphatic carbocycles. The van der Waals surface area contributed by atoms with Crippen LogP contribution >= 0.6 is 11.6 Å². The maximum atomic E-state index is 13.4. The number of esters is 1. The topological polar surface area (TPSA) is 102 Å². The van der Waals surface area contributed by atoms with Crippen LogP contribution in [0.4, 0.5) is 11.4 Å². The highest BCUT2D eigenvalue weighted by Crippen LogP contribution is 2.27. The second-order valence-corrected chi connectivity index (χ2v) is 9.53. The van der Waals surface area contributed by atoms with Crippen LogP contribution in [0.2, 0.25) is 5.02 Å². The van der Waals surface area contributed by atoms with Gasteiger partial charge in [-0.05, 0) is 61.5 Å². The standard InChI is InChI=1S/C24H23ClN2O6S/c1-16-4-11-20(12-5-16)34(30,31)27(18-7-9-19(32-2)10-8-18)15-23(28)26-17-6-13-22(25)21(14-17)24(29)33-3/h4-14H,15H2,1-3H3,(H,26,28). The zero-order chi connectivity index (χ0) is 24.9. The molecule has 3 rings (SSSR count). The monoisotopic (exact) mass is 502 g/mol. The number of ether oxygens (including phenoxy) is 2. The third kappa shape index (κ3) is 5.67. The molecule has 0 radical (unpaired) electrons. The van der Waals surface area contributed by atoms with E-state index >= 15 is 0 Å². The number of halogens is 1. The van der Waals surface area contributed by atoms with E-state index in [1.807, 2.05) is 6.92 Å². The Balaban J connectivity index is 1.93. The summed E-state index contributed by atoms with van der Waals surface area (Å²) in [6.45, 7) is 1.33. The molecule has 8 nitrogen and oxygen atoms in total. The molecule has 3 aromatic rings. The first kappa shape index (κ1) is 25.1. The maximum Gasteiger partial charge on any atom is 0.339 e. The van der Waals surface area contributed by atoms with Crippen LogP contribution in [-0.2, 0) is 19.6 Å². The number of carbonyl (C=O) groups is 2. The number of aryl methyl sites for hydroxylation is 1. The highest BCUT2D eigenvalue weighted by atomic mass is 35.5. The van der Waals surface area contributed by atoms with Gasteiger partial charge in [-0.2, -0.15) is 0 Å². The molecule has 0 aliphatic rings. The third-order valence-corrected chi connectivity index (χ3v) is 7.03. The predicted molar refractivity (Wildman–Crippen MR) is 130 cm³/mol. The first-order valence-electron chi connectivity index (χ1n) is 10.1. The molecule has 0 bridgehead atoms. The van der Waals surface area contributed by atoms with E-state index in [-0.39, 0.29) is 26.9 Å². The fraction of sp³-hybridized carbons (Fsp3) is 0.167. The van der Waals surface area contributed by atoms with Gasteiger partial charge in [-0.3, -0.25) is 9.10 Å². The van der Waals surface area contributed by atoms with E-state index in [1.54, 1.807) is 36.4 Å². The predicted octanol–water partition coefficient (Wildman–Crippen LogP) is 4.28. The van der Waals surface area contributed by atoms with Gasteiger partial charge in [0.15, 0.2) is 0 Å². The van der Waals surface area contributed by atoms with Crippen molar-refractivity contribution in [2.75, 3.05) is 30.4 Å². The molecule has 0 atom stereocenters. The average Bonchev–Trinajstić information content (AvgIpc) is 2.83. The van der Waals surface area contributed by atoms with Crippen LogP contribution in [0, 0.1) is 6.92 Å². The molecule has 0 unspecified atom stereocenters. The summed E-state index contributed by atoms with van der Waals surface area (Å²) in [5, 5.41) is 2.77. The zero-order valence-corrected chi connectivity index (χ0v) is 20.3. The number of hydrogen-bond acceptors (Lipinski definition) is 6. The minimum atomic E-state index is -4.07. The van der Waals surface area contributed by atoms with Crippen molar-refractivity contribution in [2.24, 2.45) is 0 Å². The number of amides is 1. The minimum Gasteiger partial charge on any atom is -0.497 e. The van der Waals surface area contributed by atoms with Crippen LogP contribution in [0.15, 0.2) is 71.6 Å². The SMILES string of the molecule is COC(=O)c1cc(NC(=O)CN(c2ccc(OC)cc2)S(=O)(=O)c2ccc(C)cc2)ccc1Cl. The molecule has 0 fully saturated rings. The van der Waals surface area contributed by atoms with Crippen molar-refractivity contribution in [3.05, 3.63) is 82.9 Å². The maximum absolute atomic E-state index is 13.4. The average molecular weight is 503 g/mol. The number of nitrogens with zero attached hydrogens (tertiary/aromatic N) is 1. The number of anilines is 2. The molecule has 0 saturated heterocycles. The number of sulfonamides is 1. The van der Waals surface area contributed by atoms with Gasteiger partial charge in [0.1, 0.15) is 12.3 Å². The Hall–Kier alpha value is -3.56. The van der Waals surface area contributed by atoms with Crippen LogP contribution in [0.5, 0.6) is 5.75 Å². The van der Waals surface area contributed by atoms with Gasteiger partial charge in [-0.15, -0.1) is 0 Å². The van der Waals surface area contributed by atoms with Crippen LogP contribution in [0.25, 0.3) is 0 Å². The van der Waals surface area contributed by atoms with E-state index in [4.69, 9.17) is 16.3 Å². The number of hydrogen-bond donors (Lipinski definition) is 1. The Morgan fingerprint density at radius 3 is 2.21 bits per heavy atom. The molecule has 1 amide bonds. The van der Waals surface area contributed by atoms with Crippen LogP contribution < -0.4 is 14.4 Å². The molecule has 34 heavy (non-hydrogen) atoms. The van der Waals surface area contributed by atoms with E-state index in [0.29, 0.717) is 5.75 Å². The van der Waals surface area contributed by atoms with Crippen LogP contribution in [0.1, 0.15) is 15.9 Å². The fourth-order valence-corrected chi connectivity index (χ4v) is 4.72. The molecule has 0 heterocycles. The van der Waals surface area contributed by atoms with E-state index in [1.165, 1.54) is 44.6 Å². The first-order valence-corrected chi connectivity index (χ1v) is 11.9. The summed E-state index contributed by atoms with van der Waals surface area (Å²) < 4.78 is 37.7. The number of nitrogens with one attached hydrogen (secondary N) is 1. The van der Waals surface area contributed by atoms with Gasteiger partial charge in [-0.1, -0.05) is 29.3 Å². The molecule has 0 aliphatic heterocycles. The normalized spacial score (nSPS) is 10.9. The summed E-state index contributed by atoms with van der Waals surface area (Å²) in [5.41, 5.74) is 1.51. The fourth-order valence-electron chi connectivity index (χ4n) is 3.10. The first-order chi connectivity index (χ1) is 16.1. The molecule has 178 valence electrons. The summed E-state index contributed by atoms with van der Waals surface area (Å²) in [6.07, 6.45) is 0. The van der Waals surface area contributed by atoms with Crippen molar-refractivity contribution in [1.82, 2.24) is 0 Å². The number of benzene rings is 3. The van der Waals surface area contributed by atoms with Gasteiger partial charge in [0.2, 0.25) is 5.91 Å². The smallest absolute Gasteiger partial charge is 0.339 e. The van der Waals surface area contributed by atoms with Gasteiger partial charge in [0.25, 0.3) is 10.0 Å². The van der Waals surface area contributed by atoms with Gasteiger partial charge in [0, 0.05) is 5.69 Å². The summed E-state index contributed by atoms with van der Waals surface area (Å²) in [6, 6.07) is 16.9. The van der Waals surface area contributed by atoms with E-state index in [9.17, 15) is 18.0 Å². The molecule has 0 saturated carbocycles. The largest absolute Gasteiger partial charge is 0.497 e. The van der Waals surface area contributed by atoms with Crippen molar-refractivity contribution in [1.29, 1.82) is 0 Å². The Kier molecular flexibility index (Phi) is 7.80. The quantitative estimate of drug-likeness (QED) is 0.461. The van der Waals surface area contributed by atoms with Crippen molar-refractivity contribution in [3.8, 4) is 5.75 Å². The zero-order valence-electron chi connectivity index (χ0n) is 18.7. The molecule has 3 aromatic carbocycles. The summed E-state index contributed by atoms with van der Waals surface area (Å²) >= 11 is 6.02. The van der Waals surface area contributed by atoms with Gasteiger partial charge < -0.3 is 14.8 Å². The molecule has 1 N–H and O–H groups in total. The van der Waals surface area contributed by atoms with Crippen molar-refractivity contribution in [2.45, 2.75) is 11.8 Å². The van der Waals surface area contributed by atoms with Crippen LogP contribution in [-0.4, -0.2) is 41.1 Å². The Bertz CT molecular complexity index is 1290. The highest BCUT2D eigenvalue weighted by molar-refractivity contribution is 7.92. The van der Waals surface area contributed by atoms with Crippen molar-refractivity contribution < 1.29 is 27.5 Å². The Morgan fingerprint density at radius 2 is 1.62 bits per heavy atom. The molecule has 10 heteroatoms. The van der Waals surface area contributed by atoms with Gasteiger partial charge in [-0.25, -0.2) is 13.2 Å². The summed E-state index contributed by atoms with van der Waals surface area (Å²) in [7, 11) is -1.36. The minimum absolute atomic E-state index is 0.0428. The second kappa shape index (κ2) is 10.6. The van der Waals surface area contributed by atoms with E-state index in [0.717, 1.165) is 9.87 Å². The van der Waals surface area contributed by atoms with Crippen molar-refractivity contribution in [3.63, 3.8) is 0 Å². The van der Waals surface area contributed by atoms with Crippen LogP contribution in [0.3, 0.4) is 0 Å². The highest BCUT2D eigenvalue weighted by Gasteiger charge is 2.27. The lowest BCUT2D eigenvalue weighted by atomic mass is 10.2. The number of rotatable bonds is 8. The third-order valence-electron chi connectivity index (χ3n) is 4.91. The molecular formula is C24H23ClN2O6S. The van der Waals surface area contributed by atoms with Crippen molar-refractivity contribution >= 4 is 44.9 Å². The van der Waals surface area contributed by atoms with E-state index < -0.39 is 28.4 Å². The summed E-state index contributed by atoms with van der Waals surface area (Å²) in [4.78, 5) is 24.8. The lowest BCUT2D eigenvalue weighted by molar-refractivity contribution is -0.114. The lowest BCUT2D eigenvalue weighted by Gasteiger charge is -2.24. The molecule has 0 aromatic heterocycles. The lowest BCUT2D eigenvalue weighted by Crippen LogP contribution is -2.38. The van der Waals surface area contributed by atoms with Gasteiger partial charge >= 0.3 is 5.97 Å². The van der Waals surface area contributed by atoms with Gasteiger partial charge in [0.05, 0.1) is 35.4 Å². The number of methoxy groups -OCH3 is 2. The van der Waals surface area contributed by atoms with E-state index in [2.05, 4.69) is 10.1 Å².